The van der Waals surface area contributed by atoms with Crippen LogP contribution in [0.5, 0.6) is 5.75 Å². The average Bonchev–Trinajstić information content (AvgIpc) is 2.32. The fraction of sp³-hybridized carbons (Fsp3) is 0.500. The van der Waals surface area contributed by atoms with E-state index in [2.05, 4.69) is 5.32 Å². The standard InChI is InChI=1S/C12H15ClFNO/c13-10-4-1-5-11(12(10)14)16-8-9-3-2-6-15-7-9/h1,4-5,9,15H,2-3,6-8H2. The SMILES string of the molecule is Fc1c(Cl)cccc1OCC1CCCNC1. The summed E-state index contributed by atoms with van der Waals surface area (Å²) >= 11 is 5.67. The van der Waals surface area contributed by atoms with E-state index in [4.69, 9.17) is 16.3 Å². The summed E-state index contributed by atoms with van der Waals surface area (Å²) in [6, 6.07) is 4.82. The minimum Gasteiger partial charge on any atom is -0.490 e. The third-order valence-corrected chi connectivity index (χ3v) is 3.08. The molecule has 88 valence electrons. The molecular weight excluding hydrogens is 229 g/mol. The van der Waals surface area contributed by atoms with Crippen molar-refractivity contribution in [2.45, 2.75) is 12.8 Å². The van der Waals surface area contributed by atoms with Crippen LogP contribution in [-0.4, -0.2) is 19.7 Å². The molecule has 0 amide bonds. The lowest BCUT2D eigenvalue weighted by atomic mass is 10.0. The summed E-state index contributed by atoms with van der Waals surface area (Å²) in [4.78, 5) is 0. The zero-order valence-electron chi connectivity index (χ0n) is 9.01. The maximum atomic E-state index is 13.5. The maximum Gasteiger partial charge on any atom is 0.183 e. The normalized spacial score (nSPS) is 20.8. The Morgan fingerprint density at radius 2 is 2.38 bits per heavy atom. The molecule has 0 saturated carbocycles. The smallest absolute Gasteiger partial charge is 0.183 e. The molecule has 0 aliphatic carbocycles. The van der Waals surface area contributed by atoms with Crippen LogP contribution in [0.4, 0.5) is 4.39 Å². The van der Waals surface area contributed by atoms with Gasteiger partial charge in [0.2, 0.25) is 0 Å². The molecule has 1 aliphatic rings. The van der Waals surface area contributed by atoms with Gasteiger partial charge in [-0.1, -0.05) is 17.7 Å². The van der Waals surface area contributed by atoms with E-state index in [0.29, 0.717) is 12.5 Å². The first-order chi connectivity index (χ1) is 7.77. The molecule has 1 fully saturated rings. The van der Waals surface area contributed by atoms with Crippen molar-refractivity contribution in [3.8, 4) is 5.75 Å². The van der Waals surface area contributed by atoms with Crippen LogP contribution in [0.25, 0.3) is 0 Å². The largest absolute Gasteiger partial charge is 0.490 e. The molecule has 2 rings (SSSR count). The highest BCUT2D eigenvalue weighted by molar-refractivity contribution is 6.30. The molecule has 1 unspecified atom stereocenters. The number of nitrogens with one attached hydrogen (secondary N) is 1. The van der Waals surface area contributed by atoms with Crippen LogP contribution in [0.3, 0.4) is 0 Å². The first kappa shape index (κ1) is 11.7. The summed E-state index contributed by atoms with van der Waals surface area (Å²) in [6.07, 6.45) is 2.29. The van der Waals surface area contributed by atoms with Gasteiger partial charge in [-0.2, -0.15) is 0 Å². The fourth-order valence-corrected chi connectivity index (χ4v) is 2.04. The van der Waals surface area contributed by atoms with E-state index < -0.39 is 5.82 Å². The quantitative estimate of drug-likeness (QED) is 0.882. The highest BCUT2D eigenvalue weighted by atomic mass is 35.5. The van der Waals surface area contributed by atoms with Crippen molar-refractivity contribution in [2.24, 2.45) is 5.92 Å². The van der Waals surface area contributed by atoms with Crippen molar-refractivity contribution in [1.82, 2.24) is 5.32 Å². The molecule has 4 heteroatoms. The molecule has 1 saturated heterocycles. The van der Waals surface area contributed by atoms with Crippen molar-refractivity contribution >= 4 is 11.6 Å². The van der Waals surface area contributed by atoms with Crippen LogP contribution in [0.15, 0.2) is 18.2 Å². The van der Waals surface area contributed by atoms with Crippen LogP contribution in [0, 0.1) is 11.7 Å². The molecule has 1 atom stereocenters. The monoisotopic (exact) mass is 243 g/mol. The van der Waals surface area contributed by atoms with Gasteiger partial charge in [-0.3, -0.25) is 0 Å². The van der Waals surface area contributed by atoms with Crippen LogP contribution in [0.1, 0.15) is 12.8 Å². The third kappa shape index (κ3) is 2.86. The van der Waals surface area contributed by atoms with Gasteiger partial charge in [0.05, 0.1) is 11.6 Å². The summed E-state index contributed by atoms with van der Waals surface area (Å²) < 4.78 is 18.9. The van der Waals surface area contributed by atoms with Gasteiger partial charge in [-0.25, -0.2) is 4.39 Å². The second-order valence-electron chi connectivity index (χ2n) is 4.08. The Morgan fingerprint density at radius 3 is 3.12 bits per heavy atom. The Morgan fingerprint density at radius 1 is 1.50 bits per heavy atom. The van der Waals surface area contributed by atoms with Crippen LogP contribution in [-0.2, 0) is 0 Å². The van der Waals surface area contributed by atoms with E-state index in [1.165, 1.54) is 6.07 Å². The van der Waals surface area contributed by atoms with E-state index in [9.17, 15) is 4.39 Å². The molecule has 1 aromatic carbocycles. The number of rotatable bonds is 3. The predicted molar refractivity (Wildman–Crippen MR) is 62.5 cm³/mol. The van der Waals surface area contributed by atoms with Gasteiger partial charge >= 0.3 is 0 Å². The van der Waals surface area contributed by atoms with Gasteiger partial charge in [-0.05, 0) is 31.5 Å². The van der Waals surface area contributed by atoms with Gasteiger partial charge < -0.3 is 10.1 Å². The summed E-state index contributed by atoms with van der Waals surface area (Å²) in [7, 11) is 0. The molecular formula is C12H15ClFNO. The Bertz CT molecular complexity index is 353. The number of piperidine rings is 1. The number of hydrogen-bond donors (Lipinski definition) is 1. The molecule has 1 aromatic rings. The van der Waals surface area contributed by atoms with Gasteiger partial charge in [0, 0.05) is 12.5 Å². The van der Waals surface area contributed by atoms with Gasteiger partial charge in [-0.15, -0.1) is 0 Å². The minimum atomic E-state index is -0.465. The van der Waals surface area contributed by atoms with Gasteiger partial charge in [0.1, 0.15) is 0 Å². The zero-order valence-corrected chi connectivity index (χ0v) is 9.77. The molecule has 0 bridgehead atoms. The van der Waals surface area contributed by atoms with E-state index in [1.807, 2.05) is 0 Å². The lowest BCUT2D eigenvalue weighted by Gasteiger charge is -2.22. The molecule has 1 aliphatic heterocycles. The zero-order chi connectivity index (χ0) is 11.4. The molecule has 1 heterocycles. The minimum absolute atomic E-state index is 0.110. The van der Waals surface area contributed by atoms with Crippen LogP contribution < -0.4 is 10.1 Å². The van der Waals surface area contributed by atoms with E-state index in [1.54, 1.807) is 12.1 Å². The van der Waals surface area contributed by atoms with Crippen molar-refractivity contribution in [3.05, 3.63) is 29.0 Å². The lowest BCUT2D eigenvalue weighted by Crippen LogP contribution is -2.33. The van der Waals surface area contributed by atoms with Gasteiger partial charge in [0.25, 0.3) is 0 Å². The Kier molecular flexibility index (Phi) is 4.02. The van der Waals surface area contributed by atoms with Crippen molar-refractivity contribution < 1.29 is 9.13 Å². The Balaban J connectivity index is 1.91. The lowest BCUT2D eigenvalue weighted by molar-refractivity contribution is 0.211. The van der Waals surface area contributed by atoms with E-state index in [-0.39, 0.29) is 10.8 Å². The highest BCUT2D eigenvalue weighted by Gasteiger charge is 2.15. The molecule has 0 aromatic heterocycles. The molecule has 1 N–H and O–H groups in total. The molecule has 0 radical (unpaired) electrons. The third-order valence-electron chi connectivity index (χ3n) is 2.79. The first-order valence-corrected chi connectivity index (χ1v) is 5.92. The van der Waals surface area contributed by atoms with E-state index >= 15 is 0 Å². The molecule has 0 spiro atoms. The van der Waals surface area contributed by atoms with Crippen LogP contribution in [0.2, 0.25) is 5.02 Å². The summed E-state index contributed by atoms with van der Waals surface area (Å²) in [5, 5.41) is 3.41. The van der Waals surface area contributed by atoms with Crippen LogP contribution >= 0.6 is 11.6 Å². The second-order valence-corrected chi connectivity index (χ2v) is 4.48. The van der Waals surface area contributed by atoms with Crippen molar-refractivity contribution in [3.63, 3.8) is 0 Å². The molecule has 2 nitrogen and oxygen atoms in total. The highest BCUT2D eigenvalue weighted by Crippen LogP contribution is 2.24. The average molecular weight is 244 g/mol. The Labute approximate surface area is 99.7 Å². The summed E-state index contributed by atoms with van der Waals surface area (Å²) in [6.45, 7) is 2.56. The van der Waals surface area contributed by atoms with E-state index in [0.717, 1.165) is 25.9 Å². The predicted octanol–water partition coefficient (Wildman–Crippen LogP) is 2.86. The number of benzene rings is 1. The number of hydrogen-bond acceptors (Lipinski definition) is 2. The maximum absolute atomic E-state index is 13.5. The number of halogens is 2. The summed E-state index contributed by atoms with van der Waals surface area (Å²) in [5.41, 5.74) is 0. The number of ether oxygens (including phenoxy) is 1. The van der Waals surface area contributed by atoms with Gasteiger partial charge in [0.15, 0.2) is 11.6 Å². The van der Waals surface area contributed by atoms with Crippen molar-refractivity contribution in [1.29, 1.82) is 0 Å². The first-order valence-electron chi connectivity index (χ1n) is 5.55. The molecule has 16 heavy (non-hydrogen) atoms. The topological polar surface area (TPSA) is 21.3 Å². The summed E-state index contributed by atoms with van der Waals surface area (Å²) in [5.74, 6) is 0.248. The van der Waals surface area contributed by atoms with Crippen molar-refractivity contribution in [2.75, 3.05) is 19.7 Å². The Hall–Kier alpha value is -0.800. The fourth-order valence-electron chi connectivity index (χ4n) is 1.87. The second kappa shape index (κ2) is 5.51.